The van der Waals surface area contributed by atoms with Gasteiger partial charge >= 0.3 is 0 Å². The van der Waals surface area contributed by atoms with Gasteiger partial charge < -0.3 is 0 Å². The predicted molar refractivity (Wildman–Crippen MR) is 51.7 cm³/mol. The quantitative estimate of drug-likeness (QED) is 0.464. The zero-order chi connectivity index (χ0) is 10.9. The summed E-state index contributed by atoms with van der Waals surface area (Å²) in [5, 5.41) is 20.9. The maximum absolute atomic E-state index is 10.5. The third-order valence-electron chi connectivity index (χ3n) is 1.69. The van der Waals surface area contributed by atoms with E-state index in [4.69, 9.17) is 0 Å². The average molecular weight is 214 g/mol. The summed E-state index contributed by atoms with van der Waals surface area (Å²) in [5.41, 5.74) is -0.272. The molecule has 0 radical (unpaired) electrons. The first kappa shape index (κ1) is 10.5. The minimum Gasteiger partial charge on any atom is -0.258 e. The first-order valence-corrected chi connectivity index (χ1v) is 4.00. The van der Waals surface area contributed by atoms with Gasteiger partial charge in [-0.3, -0.25) is 20.2 Å². The number of benzene rings is 1. The van der Waals surface area contributed by atoms with Crippen LogP contribution in [0.3, 0.4) is 0 Å². The molecule has 0 unspecified atom stereocenters. The number of thiol groups is 1. The van der Waals surface area contributed by atoms with Crippen molar-refractivity contribution in [3.63, 3.8) is 0 Å². The van der Waals surface area contributed by atoms with Gasteiger partial charge in [-0.05, 0) is 13.0 Å². The van der Waals surface area contributed by atoms with E-state index in [1.165, 1.54) is 13.0 Å². The van der Waals surface area contributed by atoms with Gasteiger partial charge in [0.05, 0.1) is 20.8 Å². The molecule has 0 saturated carbocycles. The van der Waals surface area contributed by atoms with E-state index in [0.29, 0.717) is 5.56 Å². The molecule has 0 aliphatic heterocycles. The number of aryl methyl sites for hydroxylation is 1. The van der Waals surface area contributed by atoms with Crippen molar-refractivity contribution in [3.05, 3.63) is 37.9 Å². The van der Waals surface area contributed by atoms with E-state index in [0.717, 1.165) is 6.07 Å². The van der Waals surface area contributed by atoms with Crippen LogP contribution in [0.1, 0.15) is 5.56 Å². The molecule has 0 atom stereocenters. The maximum Gasteiger partial charge on any atom is 0.289 e. The van der Waals surface area contributed by atoms with Crippen LogP contribution in [0, 0.1) is 27.2 Å². The normalized spacial score (nSPS) is 9.86. The molecule has 0 amide bonds. The van der Waals surface area contributed by atoms with Crippen LogP contribution in [0.5, 0.6) is 0 Å². The second-order valence-corrected chi connectivity index (χ2v) is 3.12. The number of nitro benzene ring substituents is 2. The maximum atomic E-state index is 10.5. The fraction of sp³-hybridized carbons (Fsp3) is 0.143. The molecule has 0 aliphatic rings. The van der Waals surface area contributed by atoms with Gasteiger partial charge in [-0.25, -0.2) is 0 Å². The van der Waals surface area contributed by atoms with Crippen molar-refractivity contribution in [2.45, 2.75) is 11.8 Å². The van der Waals surface area contributed by atoms with Crippen molar-refractivity contribution in [1.29, 1.82) is 0 Å². The lowest BCUT2D eigenvalue weighted by Gasteiger charge is -1.99. The summed E-state index contributed by atoms with van der Waals surface area (Å²) in [6.07, 6.45) is 0. The van der Waals surface area contributed by atoms with Crippen molar-refractivity contribution in [2.75, 3.05) is 0 Å². The monoisotopic (exact) mass is 214 g/mol. The van der Waals surface area contributed by atoms with Crippen molar-refractivity contribution in [2.24, 2.45) is 0 Å². The van der Waals surface area contributed by atoms with Gasteiger partial charge in [0.25, 0.3) is 11.4 Å². The number of nitro groups is 2. The van der Waals surface area contributed by atoms with Gasteiger partial charge in [-0.2, -0.15) is 0 Å². The molecule has 1 aromatic rings. The molecular formula is C7H6N2O4S. The van der Waals surface area contributed by atoms with E-state index in [-0.39, 0.29) is 16.3 Å². The lowest BCUT2D eigenvalue weighted by Crippen LogP contribution is -1.96. The third kappa shape index (κ3) is 1.82. The lowest BCUT2D eigenvalue weighted by molar-refractivity contribution is -0.396. The van der Waals surface area contributed by atoms with E-state index in [2.05, 4.69) is 12.6 Å². The average Bonchev–Trinajstić information content (AvgIpc) is 2.02. The van der Waals surface area contributed by atoms with Gasteiger partial charge in [0.15, 0.2) is 0 Å². The van der Waals surface area contributed by atoms with Crippen LogP contribution >= 0.6 is 12.6 Å². The summed E-state index contributed by atoms with van der Waals surface area (Å²) < 4.78 is 0. The van der Waals surface area contributed by atoms with E-state index >= 15 is 0 Å². The number of hydrogen-bond donors (Lipinski definition) is 1. The van der Waals surface area contributed by atoms with Crippen LogP contribution in [-0.2, 0) is 0 Å². The van der Waals surface area contributed by atoms with Crippen LogP contribution in [0.15, 0.2) is 17.0 Å². The van der Waals surface area contributed by atoms with Crippen LogP contribution in [0.25, 0.3) is 0 Å². The summed E-state index contributed by atoms with van der Waals surface area (Å²) in [6.45, 7) is 1.50. The Hall–Kier alpha value is -1.63. The molecule has 1 rings (SSSR count). The van der Waals surface area contributed by atoms with E-state index in [1.54, 1.807) is 0 Å². The van der Waals surface area contributed by atoms with Crippen LogP contribution < -0.4 is 0 Å². The summed E-state index contributed by atoms with van der Waals surface area (Å²) in [7, 11) is 0. The molecule has 0 aromatic heterocycles. The van der Waals surface area contributed by atoms with Gasteiger partial charge in [-0.1, -0.05) is 0 Å². The minimum atomic E-state index is -0.700. The molecule has 6 nitrogen and oxygen atoms in total. The van der Waals surface area contributed by atoms with Crippen LogP contribution in [0.4, 0.5) is 11.4 Å². The standard InChI is InChI=1S/C7H6N2O4S/c1-4-2-7(14)6(9(12)13)3-5(4)8(10)11/h2-3,14H,1H3. The molecule has 0 spiro atoms. The molecular weight excluding hydrogens is 208 g/mol. The fourth-order valence-corrected chi connectivity index (χ4v) is 1.35. The highest BCUT2D eigenvalue weighted by Crippen LogP contribution is 2.30. The summed E-state index contributed by atoms with van der Waals surface area (Å²) in [5.74, 6) is 0. The van der Waals surface area contributed by atoms with Crippen molar-refractivity contribution >= 4 is 24.0 Å². The Labute approximate surface area is 84.3 Å². The zero-order valence-corrected chi connectivity index (χ0v) is 8.02. The molecule has 0 bridgehead atoms. The largest absolute Gasteiger partial charge is 0.289 e. The predicted octanol–water partition coefficient (Wildman–Crippen LogP) is 2.10. The molecule has 14 heavy (non-hydrogen) atoms. The Morgan fingerprint density at radius 1 is 1.14 bits per heavy atom. The molecule has 0 fully saturated rings. The Bertz CT molecular complexity index is 383. The highest BCUT2D eigenvalue weighted by molar-refractivity contribution is 7.80. The second kappa shape index (κ2) is 3.62. The molecule has 0 aliphatic carbocycles. The Kier molecular flexibility index (Phi) is 2.70. The van der Waals surface area contributed by atoms with Gasteiger partial charge in [0.2, 0.25) is 0 Å². The first-order valence-electron chi connectivity index (χ1n) is 3.56. The minimum absolute atomic E-state index is 0.123. The van der Waals surface area contributed by atoms with Crippen LogP contribution in [0.2, 0.25) is 0 Å². The smallest absolute Gasteiger partial charge is 0.258 e. The highest BCUT2D eigenvalue weighted by atomic mass is 32.1. The summed E-state index contributed by atoms with van der Waals surface area (Å²) in [4.78, 5) is 19.7. The molecule has 1 aromatic carbocycles. The molecule has 0 saturated heterocycles. The topological polar surface area (TPSA) is 86.3 Å². The first-order chi connectivity index (χ1) is 6.43. The molecule has 0 heterocycles. The molecule has 0 N–H and O–H groups in total. The Balaban J connectivity index is 3.42. The Morgan fingerprint density at radius 3 is 2.07 bits per heavy atom. The van der Waals surface area contributed by atoms with E-state index in [1.807, 2.05) is 0 Å². The molecule has 7 heteroatoms. The van der Waals surface area contributed by atoms with Crippen molar-refractivity contribution < 1.29 is 9.85 Å². The van der Waals surface area contributed by atoms with E-state index in [9.17, 15) is 20.2 Å². The molecule has 74 valence electrons. The zero-order valence-electron chi connectivity index (χ0n) is 7.13. The number of hydrogen-bond acceptors (Lipinski definition) is 5. The van der Waals surface area contributed by atoms with Gasteiger partial charge in [0.1, 0.15) is 0 Å². The SMILES string of the molecule is Cc1cc(S)c([N+](=O)[O-])cc1[N+](=O)[O-]. The lowest BCUT2D eigenvalue weighted by atomic mass is 10.2. The highest BCUT2D eigenvalue weighted by Gasteiger charge is 2.20. The van der Waals surface area contributed by atoms with Crippen molar-refractivity contribution in [1.82, 2.24) is 0 Å². The fourth-order valence-electron chi connectivity index (χ4n) is 1.01. The summed E-state index contributed by atoms with van der Waals surface area (Å²) in [6, 6.07) is 2.22. The van der Waals surface area contributed by atoms with Gasteiger partial charge in [-0.15, -0.1) is 12.6 Å². The second-order valence-electron chi connectivity index (χ2n) is 2.64. The van der Waals surface area contributed by atoms with E-state index < -0.39 is 9.85 Å². The number of nitrogens with zero attached hydrogens (tertiary/aromatic N) is 2. The third-order valence-corrected chi connectivity index (χ3v) is 2.04. The van der Waals surface area contributed by atoms with Gasteiger partial charge in [0, 0.05) is 5.56 Å². The Morgan fingerprint density at radius 2 is 1.64 bits per heavy atom. The van der Waals surface area contributed by atoms with Crippen LogP contribution in [-0.4, -0.2) is 9.85 Å². The van der Waals surface area contributed by atoms with Crippen molar-refractivity contribution in [3.8, 4) is 0 Å². The number of rotatable bonds is 2. The summed E-state index contributed by atoms with van der Waals surface area (Å²) >= 11 is 3.86.